The Bertz CT molecular complexity index is 576. The third-order valence-electron chi connectivity index (χ3n) is 3.95. The van der Waals surface area contributed by atoms with Gasteiger partial charge in [-0.1, -0.05) is 12.1 Å². The van der Waals surface area contributed by atoms with Crippen LogP contribution in [0.15, 0.2) is 18.2 Å². The standard InChI is InChI=1S/C15H21N3O4/c1-9-3-4-11(7-13(9)18(20)21)10(2)17-15(19)14-6-5-12(8-16)22-14/h3-4,7,10,12,14H,5-6,8,16H2,1-2H3,(H,17,19)/t10?,12-,14+/m1/s1. The number of aryl methyl sites for hydroxylation is 1. The predicted octanol–water partition coefficient (Wildman–Crippen LogP) is 1.59. The molecule has 0 aliphatic carbocycles. The molecule has 120 valence electrons. The van der Waals surface area contributed by atoms with Crippen LogP contribution in [0, 0.1) is 17.0 Å². The molecule has 1 unspecified atom stereocenters. The summed E-state index contributed by atoms with van der Waals surface area (Å²) >= 11 is 0. The molecule has 7 heteroatoms. The summed E-state index contributed by atoms with van der Waals surface area (Å²) in [4.78, 5) is 22.7. The number of ether oxygens (including phenoxy) is 1. The van der Waals surface area contributed by atoms with E-state index in [-0.39, 0.29) is 23.7 Å². The van der Waals surface area contributed by atoms with Gasteiger partial charge in [0.2, 0.25) is 5.91 Å². The minimum Gasteiger partial charge on any atom is -0.364 e. The van der Waals surface area contributed by atoms with Crippen LogP contribution in [-0.4, -0.2) is 29.6 Å². The van der Waals surface area contributed by atoms with Gasteiger partial charge in [0.05, 0.1) is 17.1 Å². The Morgan fingerprint density at radius 1 is 1.55 bits per heavy atom. The highest BCUT2D eigenvalue weighted by Gasteiger charge is 2.30. The summed E-state index contributed by atoms with van der Waals surface area (Å²) in [6.45, 7) is 3.88. The van der Waals surface area contributed by atoms with Crippen LogP contribution in [0.1, 0.15) is 36.9 Å². The number of nitrogens with two attached hydrogens (primary N) is 1. The highest BCUT2D eigenvalue weighted by atomic mass is 16.6. The molecule has 1 aromatic rings. The third kappa shape index (κ3) is 3.61. The van der Waals surface area contributed by atoms with Crippen molar-refractivity contribution < 1.29 is 14.5 Å². The van der Waals surface area contributed by atoms with E-state index in [2.05, 4.69) is 5.32 Å². The maximum atomic E-state index is 12.2. The molecule has 0 bridgehead atoms. The minimum atomic E-state index is -0.489. The van der Waals surface area contributed by atoms with Crippen LogP contribution < -0.4 is 11.1 Å². The zero-order chi connectivity index (χ0) is 16.3. The zero-order valence-electron chi connectivity index (χ0n) is 12.7. The van der Waals surface area contributed by atoms with Crippen LogP contribution >= 0.6 is 0 Å². The fourth-order valence-corrected chi connectivity index (χ4v) is 2.55. The van der Waals surface area contributed by atoms with Crippen molar-refractivity contribution in [3.05, 3.63) is 39.4 Å². The van der Waals surface area contributed by atoms with Crippen LogP contribution in [0.5, 0.6) is 0 Å². The molecule has 1 aromatic carbocycles. The Morgan fingerprint density at radius 3 is 2.86 bits per heavy atom. The summed E-state index contributed by atoms with van der Waals surface area (Å²) in [5, 5.41) is 13.8. The molecule has 3 N–H and O–H groups in total. The Kier molecular flexibility index (Phi) is 5.10. The number of benzene rings is 1. The largest absolute Gasteiger partial charge is 0.364 e. The second-order valence-corrected chi connectivity index (χ2v) is 5.59. The molecule has 0 aromatic heterocycles. The van der Waals surface area contributed by atoms with Crippen LogP contribution in [0.3, 0.4) is 0 Å². The molecule has 1 saturated heterocycles. The van der Waals surface area contributed by atoms with Crippen LogP contribution in [0.4, 0.5) is 5.69 Å². The summed E-state index contributed by atoms with van der Waals surface area (Å²) in [5.41, 5.74) is 6.87. The lowest BCUT2D eigenvalue weighted by molar-refractivity contribution is -0.385. The Hall–Kier alpha value is -1.99. The summed E-state index contributed by atoms with van der Waals surface area (Å²) in [6, 6.07) is 4.64. The molecule has 2 rings (SSSR count). The van der Waals surface area contributed by atoms with Crippen LogP contribution in [-0.2, 0) is 9.53 Å². The second kappa shape index (κ2) is 6.85. The van der Waals surface area contributed by atoms with E-state index >= 15 is 0 Å². The van der Waals surface area contributed by atoms with Gasteiger partial charge in [-0.25, -0.2) is 0 Å². The van der Waals surface area contributed by atoms with Crippen molar-refractivity contribution in [2.75, 3.05) is 6.54 Å². The van der Waals surface area contributed by atoms with Crippen molar-refractivity contribution in [2.24, 2.45) is 5.73 Å². The van der Waals surface area contributed by atoms with Gasteiger partial charge in [-0.3, -0.25) is 14.9 Å². The average Bonchev–Trinajstić information content (AvgIpc) is 2.96. The zero-order valence-corrected chi connectivity index (χ0v) is 12.7. The number of rotatable bonds is 5. The topological polar surface area (TPSA) is 107 Å². The minimum absolute atomic E-state index is 0.0545. The molecule has 1 aliphatic rings. The summed E-state index contributed by atoms with van der Waals surface area (Å²) < 4.78 is 5.54. The van der Waals surface area contributed by atoms with E-state index in [1.165, 1.54) is 6.07 Å². The quantitative estimate of drug-likeness (QED) is 0.634. The molecular weight excluding hydrogens is 286 g/mol. The lowest BCUT2D eigenvalue weighted by Crippen LogP contribution is -2.37. The smallest absolute Gasteiger partial charge is 0.272 e. The number of hydrogen-bond donors (Lipinski definition) is 2. The monoisotopic (exact) mass is 307 g/mol. The molecular formula is C15H21N3O4. The number of nitrogens with one attached hydrogen (secondary N) is 1. The number of nitrogens with zero attached hydrogens (tertiary/aromatic N) is 1. The van der Waals surface area contributed by atoms with E-state index in [4.69, 9.17) is 10.5 Å². The summed E-state index contributed by atoms with van der Waals surface area (Å²) in [7, 11) is 0. The molecule has 0 spiro atoms. The van der Waals surface area contributed by atoms with E-state index in [0.29, 0.717) is 24.1 Å². The van der Waals surface area contributed by atoms with Gasteiger partial charge in [0.1, 0.15) is 6.10 Å². The Labute approximate surface area is 129 Å². The fourth-order valence-electron chi connectivity index (χ4n) is 2.55. The molecule has 1 fully saturated rings. The van der Waals surface area contributed by atoms with Crippen molar-refractivity contribution in [3.63, 3.8) is 0 Å². The van der Waals surface area contributed by atoms with Gasteiger partial charge < -0.3 is 15.8 Å². The van der Waals surface area contributed by atoms with Crippen molar-refractivity contribution in [2.45, 2.75) is 44.9 Å². The Morgan fingerprint density at radius 2 is 2.27 bits per heavy atom. The maximum absolute atomic E-state index is 12.2. The van der Waals surface area contributed by atoms with E-state index in [1.54, 1.807) is 26.0 Å². The number of amides is 1. The van der Waals surface area contributed by atoms with E-state index in [9.17, 15) is 14.9 Å². The van der Waals surface area contributed by atoms with E-state index in [0.717, 1.165) is 6.42 Å². The van der Waals surface area contributed by atoms with Gasteiger partial charge in [-0.15, -0.1) is 0 Å². The highest BCUT2D eigenvalue weighted by Crippen LogP contribution is 2.24. The summed E-state index contributed by atoms with van der Waals surface area (Å²) in [5.74, 6) is -0.202. The molecule has 22 heavy (non-hydrogen) atoms. The normalized spacial score (nSPS) is 22.3. The van der Waals surface area contributed by atoms with Crippen molar-refractivity contribution in [3.8, 4) is 0 Å². The van der Waals surface area contributed by atoms with Gasteiger partial charge in [0.25, 0.3) is 5.69 Å². The average molecular weight is 307 g/mol. The van der Waals surface area contributed by atoms with E-state index in [1.807, 2.05) is 0 Å². The number of carbonyl (C=O) groups excluding carboxylic acids is 1. The van der Waals surface area contributed by atoms with E-state index < -0.39 is 11.0 Å². The summed E-state index contributed by atoms with van der Waals surface area (Å²) in [6.07, 6.45) is 0.871. The first-order chi connectivity index (χ1) is 10.4. The first-order valence-electron chi connectivity index (χ1n) is 7.33. The predicted molar refractivity (Wildman–Crippen MR) is 81.3 cm³/mol. The number of carbonyl (C=O) groups is 1. The molecule has 0 radical (unpaired) electrons. The Balaban J connectivity index is 2.03. The first kappa shape index (κ1) is 16.4. The van der Waals surface area contributed by atoms with Gasteiger partial charge >= 0.3 is 0 Å². The molecule has 1 aliphatic heterocycles. The third-order valence-corrected chi connectivity index (χ3v) is 3.95. The lowest BCUT2D eigenvalue weighted by Gasteiger charge is -2.18. The highest BCUT2D eigenvalue weighted by molar-refractivity contribution is 5.81. The fraction of sp³-hybridized carbons (Fsp3) is 0.533. The number of hydrogen-bond acceptors (Lipinski definition) is 5. The number of nitro benzene ring substituents is 1. The van der Waals surface area contributed by atoms with Crippen molar-refractivity contribution in [1.29, 1.82) is 0 Å². The molecule has 1 heterocycles. The van der Waals surface area contributed by atoms with Gasteiger partial charge in [0.15, 0.2) is 0 Å². The number of nitro groups is 1. The molecule has 1 amide bonds. The van der Waals surface area contributed by atoms with Crippen LogP contribution in [0.25, 0.3) is 0 Å². The molecule has 0 saturated carbocycles. The lowest BCUT2D eigenvalue weighted by atomic mass is 10.0. The van der Waals surface area contributed by atoms with Gasteiger partial charge in [0, 0.05) is 18.2 Å². The van der Waals surface area contributed by atoms with Crippen molar-refractivity contribution in [1.82, 2.24) is 5.32 Å². The van der Waals surface area contributed by atoms with Gasteiger partial charge in [-0.05, 0) is 32.3 Å². The molecule has 7 nitrogen and oxygen atoms in total. The van der Waals surface area contributed by atoms with Gasteiger partial charge in [-0.2, -0.15) is 0 Å². The first-order valence-corrected chi connectivity index (χ1v) is 7.33. The maximum Gasteiger partial charge on any atom is 0.272 e. The SMILES string of the molecule is Cc1ccc(C(C)NC(=O)[C@@H]2CC[C@H](CN)O2)cc1[N+](=O)[O-]. The molecule has 3 atom stereocenters. The van der Waals surface area contributed by atoms with Crippen molar-refractivity contribution >= 4 is 11.6 Å². The van der Waals surface area contributed by atoms with Crippen LogP contribution in [0.2, 0.25) is 0 Å². The second-order valence-electron chi connectivity index (χ2n) is 5.59.